The summed E-state index contributed by atoms with van der Waals surface area (Å²) in [5, 5.41) is 0. The molecule has 2 heterocycles. The molecule has 3 aromatic rings. The quantitative estimate of drug-likeness (QED) is 0.463. The van der Waals surface area contributed by atoms with Crippen molar-refractivity contribution in [2.24, 2.45) is 0 Å². The Hall–Kier alpha value is -3.80. The van der Waals surface area contributed by atoms with Crippen LogP contribution >= 0.6 is 0 Å². The summed E-state index contributed by atoms with van der Waals surface area (Å²) in [6.45, 7) is 7.52. The number of aryl methyl sites for hydroxylation is 3. The lowest BCUT2D eigenvalue weighted by Crippen LogP contribution is -2.36. The van der Waals surface area contributed by atoms with E-state index in [1.807, 2.05) is 49.1 Å². The molecule has 0 saturated heterocycles. The van der Waals surface area contributed by atoms with Gasteiger partial charge in [0, 0.05) is 24.6 Å². The fourth-order valence-electron chi connectivity index (χ4n) is 5.12. The molecule has 1 amide bonds. The summed E-state index contributed by atoms with van der Waals surface area (Å²) in [6.07, 6.45) is 1.01. The van der Waals surface area contributed by atoms with E-state index >= 15 is 0 Å². The molecule has 0 aliphatic carbocycles. The first-order valence-electron chi connectivity index (χ1n) is 12.3. The van der Waals surface area contributed by atoms with Gasteiger partial charge >= 0.3 is 5.97 Å². The van der Waals surface area contributed by atoms with Gasteiger partial charge in [-0.15, -0.1) is 0 Å². The van der Waals surface area contributed by atoms with E-state index in [1.54, 1.807) is 0 Å². The second-order valence-electron chi connectivity index (χ2n) is 9.70. The van der Waals surface area contributed by atoms with E-state index in [-0.39, 0.29) is 31.0 Å². The minimum absolute atomic E-state index is 0.0480. The van der Waals surface area contributed by atoms with Crippen LogP contribution < -0.4 is 9.47 Å². The summed E-state index contributed by atoms with van der Waals surface area (Å²) in [5.74, 6) is 0.976. The largest absolute Gasteiger partial charge is 0.469 e. The molecule has 0 saturated carbocycles. The molecule has 6 heteroatoms. The van der Waals surface area contributed by atoms with Crippen LogP contribution in [-0.4, -0.2) is 37.2 Å². The SMILES string of the molecule is COC(=O)CC(c1ccc2c(c1)CN(C(=O)c1ccc(C)c(C)c1)CC2)c1cc2c(cc1C)OCO2. The van der Waals surface area contributed by atoms with Crippen molar-refractivity contribution in [3.63, 3.8) is 0 Å². The van der Waals surface area contributed by atoms with Crippen molar-refractivity contribution in [2.75, 3.05) is 20.4 Å². The van der Waals surface area contributed by atoms with E-state index < -0.39 is 0 Å². The highest BCUT2D eigenvalue weighted by molar-refractivity contribution is 5.94. The summed E-state index contributed by atoms with van der Waals surface area (Å²) in [5.41, 5.74) is 8.41. The summed E-state index contributed by atoms with van der Waals surface area (Å²) in [6, 6.07) is 16.2. The highest BCUT2D eigenvalue weighted by atomic mass is 16.7. The molecule has 3 aromatic carbocycles. The van der Waals surface area contributed by atoms with Gasteiger partial charge in [-0.2, -0.15) is 0 Å². The molecule has 1 atom stereocenters. The van der Waals surface area contributed by atoms with E-state index in [9.17, 15) is 9.59 Å². The minimum atomic E-state index is -0.277. The summed E-state index contributed by atoms with van der Waals surface area (Å²) < 4.78 is 16.2. The monoisotopic (exact) mass is 485 g/mol. The molecule has 1 unspecified atom stereocenters. The number of amides is 1. The second-order valence-corrected chi connectivity index (χ2v) is 9.70. The van der Waals surface area contributed by atoms with E-state index in [0.29, 0.717) is 18.8 Å². The number of carbonyl (C=O) groups is 2. The Kier molecular flexibility index (Phi) is 6.44. The van der Waals surface area contributed by atoms with Gasteiger partial charge in [0.15, 0.2) is 11.5 Å². The summed E-state index contributed by atoms with van der Waals surface area (Å²) in [4.78, 5) is 27.6. The van der Waals surface area contributed by atoms with Crippen LogP contribution in [0.15, 0.2) is 48.5 Å². The van der Waals surface area contributed by atoms with Crippen LogP contribution in [0.2, 0.25) is 0 Å². The smallest absolute Gasteiger partial charge is 0.306 e. The number of fused-ring (bicyclic) bond motifs is 2. The molecule has 5 rings (SSSR count). The Morgan fingerprint density at radius 2 is 1.69 bits per heavy atom. The Bertz CT molecular complexity index is 1350. The molecule has 2 aliphatic rings. The standard InChI is InChI=1S/C30H31NO5/c1-18-5-6-23(11-19(18)2)30(33)31-10-9-21-7-8-22(13-24(21)16-31)26(15-29(32)34-4)25-14-28-27(12-20(25)3)35-17-36-28/h5-8,11-14,26H,9-10,15-17H2,1-4H3. The van der Waals surface area contributed by atoms with Crippen LogP contribution in [0.1, 0.15) is 61.6 Å². The summed E-state index contributed by atoms with van der Waals surface area (Å²) >= 11 is 0. The fourth-order valence-corrected chi connectivity index (χ4v) is 5.12. The highest BCUT2D eigenvalue weighted by Crippen LogP contribution is 2.40. The minimum Gasteiger partial charge on any atom is -0.469 e. The lowest BCUT2D eigenvalue weighted by Gasteiger charge is -2.30. The third-order valence-corrected chi connectivity index (χ3v) is 7.42. The van der Waals surface area contributed by atoms with Crippen LogP contribution in [0.25, 0.3) is 0 Å². The van der Waals surface area contributed by atoms with Crippen molar-refractivity contribution in [3.8, 4) is 11.5 Å². The molecule has 2 aliphatic heterocycles. The maximum Gasteiger partial charge on any atom is 0.306 e. The molecular weight excluding hydrogens is 454 g/mol. The number of methoxy groups -OCH3 is 1. The van der Waals surface area contributed by atoms with Gasteiger partial charge in [0.25, 0.3) is 5.91 Å². The van der Waals surface area contributed by atoms with E-state index in [0.717, 1.165) is 45.6 Å². The van der Waals surface area contributed by atoms with Gasteiger partial charge in [0.05, 0.1) is 13.5 Å². The zero-order valence-corrected chi connectivity index (χ0v) is 21.2. The van der Waals surface area contributed by atoms with Crippen LogP contribution in [-0.2, 0) is 22.5 Å². The molecule has 0 fully saturated rings. The predicted molar refractivity (Wildman–Crippen MR) is 137 cm³/mol. The van der Waals surface area contributed by atoms with Crippen molar-refractivity contribution >= 4 is 11.9 Å². The van der Waals surface area contributed by atoms with E-state index in [1.165, 1.54) is 18.2 Å². The van der Waals surface area contributed by atoms with Crippen molar-refractivity contribution in [2.45, 2.75) is 46.1 Å². The lowest BCUT2D eigenvalue weighted by molar-refractivity contribution is -0.140. The first-order chi connectivity index (χ1) is 17.3. The first kappa shape index (κ1) is 23.9. The lowest BCUT2D eigenvalue weighted by atomic mass is 9.83. The van der Waals surface area contributed by atoms with Gasteiger partial charge in [-0.3, -0.25) is 9.59 Å². The molecule has 186 valence electrons. The number of benzene rings is 3. The molecule has 0 N–H and O–H groups in total. The zero-order chi connectivity index (χ0) is 25.4. The average molecular weight is 486 g/mol. The van der Waals surface area contributed by atoms with Crippen molar-refractivity contribution in [1.82, 2.24) is 4.90 Å². The Labute approximate surface area is 211 Å². The van der Waals surface area contributed by atoms with Crippen molar-refractivity contribution < 1.29 is 23.8 Å². The van der Waals surface area contributed by atoms with Crippen LogP contribution in [0.3, 0.4) is 0 Å². The average Bonchev–Trinajstić information content (AvgIpc) is 3.34. The number of esters is 1. The van der Waals surface area contributed by atoms with Gasteiger partial charge in [-0.25, -0.2) is 0 Å². The number of carbonyl (C=O) groups excluding carboxylic acids is 2. The van der Waals surface area contributed by atoms with Crippen LogP contribution in [0, 0.1) is 20.8 Å². The number of ether oxygens (including phenoxy) is 3. The topological polar surface area (TPSA) is 65.1 Å². The Morgan fingerprint density at radius 3 is 2.44 bits per heavy atom. The maximum absolute atomic E-state index is 13.3. The number of hydrogen-bond donors (Lipinski definition) is 0. The zero-order valence-electron chi connectivity index (χ0n) is 21.2. The molecule has 36 heavy (non-hydrogen) atoms. The second kappa shape index (κ2) is 9.69. The molecule has 0 aromatic heterocycles. The van der Waals surface area contributed by atoms with Crippen molar-refractivity contribution in [1.29, 1.82) is 0 Å². The molecule has 0 radical (unpaired) electrons. The predicted octanol–water partition coefficient (Wildman–Crippen LogP) is 5.23. The van der Waals surface area contributed by atoms with E-state index in [4.69, 9.17) is 14.2 Å². The number of rotatable bonds is 5. The molecule has 0 bridgehead atoms. The van der Waals surface area contributed by atoms with Gasteiger partial charge in [0.1, 0.15) is 0 Å². The Morgan fingerprint density at radius 1 is 0.917 bits per heavy atom. The third kappa shape index (κ3) is 4.55. The molecule has 6 nitrogen and oxygen atoms in total. The van der Waals surface area contributed by atoms with Crippen molar-refractivity contribution in [3.05, 3.63) is 93.0 Å². The van der Waals surface area contributed by atoms with E-state index in [2.05, 4.69) is 25.1 Å². The Balaban J connectivity index is 1.47. The first-order valence-corrected chi connectivity index (χ1v) is 12.3. The third-order valence-electron chi connectivity index (χ3n) is 7.42. The maximum atomic E-state index is 13.3. The van der Waals surface area contributed by atoms with Crippen LogP contribution in [0.5, 0.6) is 11.5 Å². The van der Waals surface area contributed by atoms with Gasteiger partial charge < -0.3 is 19.1 Å². The normalized spacial score (nSPS) is 14.8. The van der Waals surface area contributed by atoms with Gasteiger partial charge in [0.2, 0.25) is 6.79 Å². The molecular formula is C30H31NO5. The van der Waals surface area contributed by atoms with Crippen LogP contribution in [0.4, 0.5) is 0 Å². The highest BCUT2D eigenvalue weighted by Gasteiger charge is 2.27. The van der Waals surface area contributed by atoms with Gasteiger partial charge in [-0.1, -0.05) is 24.3 Å². The summed E-state index contributed by atoms with van der Waals surface area (Å²) in [7, 11) is 1.41. The number of nitrogens with zero attached hydrogens (tertiary/aromatic N) is 1. The molecule has 0 spiro atoms. The number of hydrogen-bond acceptors (Lipinski definition) is 5. The fraction of sp³-hybridized carbons (Fsp3) is 0.333. The van der Waals surface area contributed by atoms with Gasteiger partial charge in [-0.05, 0) is 90.4 Å².